The highest BCUT2D eigenvalue weighted by molar-refractivity contribution is 5.66. The zero-order chi connectivity index (χ0) is 10.9. The minimum atomic E-state index is -5.85. The average Bonchev–Trinajstić information content (AvgIpc) is 1.80. The summed E-state index contributed by atoms with van der Waals surface area (Å²) in [5.41, 5.74) is 0. The van der Waals surface area contributed by atoms with Gasteiger partial charge >= 0.3 is 24.4 Å². The summed E-state index contributed by atoms with van der Waals surface area (Å²) >= 11 is 0. The van der Waals surface area contributed by atoms with Crippen molar-refractivity contribution < 1.29 is 35.9 Å². The van der Waals surface area contributed by atoms with Crippen molar-refractivity contribution in [2.75, 3.05) is 0 Å². The highest BCUT2D eigenvalue weighted by Crippen LogP contribution is 2.41. The zero-order valence-electron chi connectivity index (χ0n) is 6.08. The molecule has 0 aromatic heterocycles. The number of rotatable bonds is 2. The minimum Gasteiger partial charge on any atom is -0.398 e. The Bertz CT molecular complexity index is 198. The van der Waals surface area contributed by atoms with Crippen LogP contribution in [0.15, 0.2) is 0 Å². The van der Waals surface area contributed by atoms with Crippen molar-refractivity contribution in [2.24, 2.45) is 0 Å². The van der Waals surface area contributed by atoms with Crippen molar-refractivity contribution in [1.29, 1.82) is 0 Å². The van der Waals surface area contributed by atoms with Gasteiger partial charge in [0.1, 0.15) is 0 Å². The van der Waals surface area contributed by atoms with Crippen molar-refractivity contribution >= 4 is 5.97 Å². The summed E-state index contributed by atoms with van der Waals surface area (Å²) in [6.45, 7) is 0.428. The van der Waals surface area contributed by atoms with Gasteiger partial charge in [-0.15, -0.1) is 0 Å². The highest BCUT2D eigenvalue weighted by atomic mass is 19.4. The molecule has 0 aliphatic heterocycles. The van der Waals surface area contributed by atoms with Gasteiger partial charge in [-0.1, -0.05) is 0 Å². The summed E-state index contributed by atoms with van der Waals surface area (Å²) in [5.74, 6) is -1.72. The molecule has 0 N–H and O–H groups in total. The molecule has 0 rings (SSSR count). The number of carbonyl (C=O) groups is 1. The predicted molar refractivity (Wildman–Crippen MR) is 27.1 cm³/mol. The fourth-order valence-electron chi connectivity index (χ4n) is 0.390. The largest absolute Gasteiger partial charge is 0.448 e. The van der Waals surface area contributed by atoms with Gasteiger partial charge in [0.2, 0.25) is 0 Å². The van der Waals surface area contributed by atoms with Crippen LogP contribution in [0.5, 0.6) is 0 Å². The lowest BCUT2D eigenvalue weighted by molar-refractivity contribution is -0.278. The van der Waals surface area contributed by atoms with Gasteiger partial charge in [0.25, 0.3) is 0 Å². The SMILES string of the molecule is CC(=O)OC(F)(F)[C](F)C(F)(F)F. The molecule has 1 radical (unpaired) electrons. The van der Waals surface area contributed by atoms with Crippen molar-refractivity contribution in [3.8, 4) is 0 Å². The van der Waals surface area contributed by atoms with Crippen LogP contribution in [0, 0.1) is 6.17 Å². The van der Waals surface area contributed by atoms with Crippen LogP contribution in [0.25, 0.3) is 0 Å². The monoisotopic (exact) mass is 209 g/mol. The zero-order valence-corrected chi connectivity index (χ0v) is 6.08. The average molecular weight is 209 g/mol. The molecule has 0 fully saturated rings. The summed E-state index contributed by atoms with van der Waals surface area (Å²) in [5, 5.41) is 0. The van der Waals surface area contributed by atoms with Gasteiger partial charge in [-0.3, -0.25) is 4.79 Å². The minimum absolute atomic E-state index is 0.428. The van der Waals surface area contributed by atoms with Gasteiger partial charge in [0.05, 0.1) is 0 Å². The van der Waals surface area contributed by atoms with Crippen LogP contribution >= 0.6 is 0 Å². The molecule has 0 bridgehead atoms. The van der Waals surface area contributed by atoms with Gasteiger partial charge in [-0.2, -0.15) is 22.0 Å². The first-order valence-corrected chi connectivity index (χ1v) is 2.75. The van der Waals surface area contributed by atoms with Gasteiger partial charge in [-0.05, 0) is 0 Å². The van der Waals surface area contributed by atoms with Crippen molar-refractivity contribution in [1.82, 2.24) is 0 Å². The summed E-state index contributed by atoms with van der Waals surface area (Å²) < 4.78 is 72.5. The van der Waals surface area contributed by atoms with E-state index in [9.17, 15) is 31.1 Å². The number of alkyl halides is 5. The molecule has 0 aliphatic rings. The van der Waals surface area contributed by atoms with E-state index in [0.717, 1.165) is 0 Å². The first-order valence-electron chi connectivity index (χ1n) is 2.75. The fraction of sp³-hybridized carbons (Fsp3) is 0.600. The molecule has 77 valence electrons. The second kappa shape index (κ2) is 3.43. The Morgan fingerprint density at radius 1 is 1.15 bits per heavy atom. The highest BCUT2D eigenvalue weighted by Gasteiger charge is 2.61. The summed E-state index contributed by atoms with van der Waals surface area (Å²) in [7, 11) is 0. The Kier molecular flexibility index (Phi) is 3.18. The third-order valence-corrected chi connectivity index (χ3v) is 0.776. The van der Waals surface area contributed by atoms with Crippen LogP contribution in [0.1, 0.15) is 6.92 Å². The summed E-state index contributed by atoms with van der Waals surface area (Å²) in [6.07, 6.45) is -14.8. The molecule has 0 aliphatic carbocycles. The van der Waals surface area contributed by atoms with E-state index in [1.165, 1.54) is 0 Å². The van der Waals surface area contributed by atoms with Crippen molar-refractivity contribution in [3.05, 3.63) is 6.17 Å². The lowest BCUT2D eigenvalue weighted by Gasteiger charge is -2.19. The van der Waals surface area contributed by atoms with Crippen molar-refractivity contribution in [2.45, 2.75) is 19.2 Å². The molecule has 13 heavy (non-hydrogen) atoms. The fourth-order valence-corrected chi connectivity index (χ4v) is 0.390. The second-order valence-corrected chi connectivity index (χ2v) is 1.92. The molecule has 2 nitrogen and oxygen atoms in total. The van der Waals surface area contributed by atoms with Crippen LogP contribution in [0.2, 0.25) is 0 Å². The molecule has 0 saturated heterocycles. The van der Waals surface area contributed by atoms with Crippen LogP contribution in [-0.2, 0) is 9.53 Å². The first kappa shape index (κ1) is 12.0. The quantitative estimate of drug-likeness (QED) is 0.514. The maximum Gasteiger partial charge on any atom is 0.448 e. The van der Waals surface area contributed by atoms with Crippen LogP contribution in [-0.4, -0.2) is 18.3 Å². The Labute approximate surface area is 68.5 Å². The molecule has 0 amide bonds. The van der Waals surface area contributed by atoms with E-state index in [4.69, 9.17) is 0 Å². The van der Waals surface area contributed by atoms with Crippen LogP contribution in [0.4, 0.5) is 26.3 Å². The molecular weight excluding hydrogens is 206 g/mol. The Morgan fingerprint density at radius 3 is 1.77 bits per heavy atom. The summed E-state index contributed by atoms with van der Waals surface area (Å²) in [6, 6.07) is 0. The van der Waals surface area contributed by atoms with Gasteiger partial charge in [-0.25, -0.2) is 4.39 Å². The summed E-state index contributed by atoms with van der Waals surface area (Å²) in [4.78, 5) is 9.84. The normalized spacial score (nSPS) is 13.2. The molecule has 0 aromatic rings. The van der Waals surface area contributed by atoms with Gasteiger partial charge in [0.15, 0.2) is 0 Å². The number of halogens is 6. The number of ether oxygens (including phenoxy) is 1. The lowest BCUT2D eigenvalue weighted by Crippen LogP contribution is -2.37. The van der Waals surface area contributed by atoms with E-state index in [2.05, 4.69) is 4.74 Å². The third kappa shape index (κ3) is 3.51. The third-order valence-electron chi connectivity index (χ3n) is 0.776. The van der Waals surface area contributed by atoms with Crippen LogP contribution in [0.3, 0.4) is 0 Å². The van der Waals surface area contributed by atoms with E-state index in [-0.39, 0.29) is 0 Å². The van der Waals surface area contributed by atoms with Crippen LogP contribution < -0.4 is 0 Å². The van der Waals surface area contributed by atoms with E-state index in [1.54, 1.807) is 0 Å². The van der Waals surface area contributed by atoms with Gasteiger partial charge in [0, 0.05) is 6.92 Å². The maximum absolute atomic E-state index is 12.0. The Hall–Kier alpha value is -0.950. The maximum atomic E-state index is 12.0. The standard InChI is InChI=1S/C5H3F6O2/c1-2(12)13-5(10,11)3(6)4(7,8)9/h1H3. The topological polar surface area (TPSA) is 26.3 Å². The van der Waals surface area contributed by atoms with Gasteiger partial charge < -0.3 is 4.74 Å². The van der Waals surface area contributed by atoms with Crippen molar-refractivity contribution in [3.63, 3.8) is 0 Å². The molecule has 0 heterocycles. The van der Waals surface area contributed by atoms with E-state index in [0.29, 0.717) is 6.92 Å². The van der Waals surface area contributed by atoms with E-state index >= 15 is 0 Å². The number of esters is 1. The molecule has 0 atom stereocenters. The molecule has 0 aromatic carbocycles. The predicted octanol–water partition coefficient (Wildman–Crippen LogP) is 2.21. The molecule has 8 heteroatoms. The molecule has 0 saturated carbocycles. The smallest absolute Gasteiger partial charge is 0.398 e. The first-order chi connectivity index (χ1) is 5.57. The van der Waals surface area contributed by atoms with E-state index < -0.39 is 24.4 Å². The second-order valence-electron chi connectivity index (χ2n) is 1.92. The number of carbonyl (C=O) groups excluding carboxylic acids is 1. The van der Waals surface area contributed by atoms with E-state index in [1.807, 2.05) is 0 Å². The lowest BCUT2D eigenvalue weighted by atomic mass is 10.3. The Morgan fingerprint density at radius 2 is 1.54 bits per heavy atom. The number of hydrogen-bond acceptors (Lipinski definition) is 2. The number of hydrogen-bond donors (Lipinski definition) is 0. The molecule has 0 spiro atoms. The Balaban J connectivity index is 4.54. The molecule has 0 unspecified atom stereocenters. The molecular formula is C5H3F6O2.